The normalized spacial score (nSPS) is 21.2. The Kier molecular flexibility index (Phi) is 7.80. The van der Waals surface area contributed by atoms with Crippen molar-refractivity contribution in [3.63, 3.8) is 0 Å². The lowest BCUT2D eigenvalue weighted by Gasteiger charge is -2.37. The molecule has 3 atom stereocenters. The number of allylic oxidation sites excluding steroid dienone is 2. The van der Waals surface area contributed by atoms with Crippen LogP contribution in [0.15, 0.2) is 42.9 Å². The molecule has 0 saturated carbocycles. The summed E-state index contributed by atoms with van der Waals surface area (Å²) in [7, 11) is 1.73. The number of ether oxygens (including phenoxy) is 1. The predicted octanol–water partition coefficient (Wildman–Crippen LogP) is 3.43. The molecule has 2 aromatic rings. The Morgan fingerprint density at radius 2 is 2.17 bits per heavy atom. The second kappa shape index (κ2) is 11.0. The molecule has 2 amide bonds. The van der Waals surface area contributed by atoms with Gasteiger partial charge in [-0.25, -0.2) is 4.98 Å². The molecule has 1 N–H and O–H groups in total. The van der Waals surface area contributed by atoms with Crippen LogP contribution in [0.5, 0.6) is 5.88 Å². The van der Waals surface area contributed by atoms with Crippen molar-refractivity contribution >= 4 is 17.4 Å². The van der Waals surface area contributed by atoms with E-state index in [0.717, 1.165) is 24.8 Å². The van der Waals surface area contributed by atoms with Gasteiger partial charge in [0.05, 0.1) is 24.8 Å². The Bertz CT molecular complexity index is 1090. The number of aliphatic hydroxyl groups excluding tert-OH is 1. The Balaban J connectivity index is 1.66. The zero-order chi connectivity index (χ0) is 24.9. The van der Waals surface area contributed by atoms with E-state index in [1.165, 1.54) is 12.0 Å². The number of aliphatic hydroxyl groups is 1. The van der Waals surface area contributed by atoms with Gasteiger partial charge in [0, 0.05) is 38.1 Å². The van der Waals surface area contributed by atoms with Crippen LogP contribution in [-0.2, 0) is 0 Å². The van der Waals surface area contributed by atoms with Gasteiger partial charge in [-0.05, 0) is 61.9 Å². The van der Waals surface area contributed by atoms with Crippen LogP contribution in [0.2, 0.25) is 0 Å². The molecule has 8 heteroatoms. The molecule has 1 aliphatic carbocycles. The smallest absolute Gasteiger partial charge is 0.259 e. The van der Waals surface area contributed by atoms with Gasteiger partial charge in [0.15, 0.2) is 0 Å². The average Bonchev–Trinajstić information content (AvgIpc) is 2.90. The molecule has 186 valence electrons. The summed E-state index contributed by atoms with van der Waals surface area (Å²) in [5, 5.41) is 9.86. The first-order valence-corrected chi connectivity index (χ1v) is 12.3. The third kappa shape index (κ3) is 5.53. The molecule has 0 radical (unpaired) electrons. The highest BCUT2D eigenvalue weighted by molar-refractivity contribution is 5.97. The van der Waals surface area contributed by atoms with Gasteiger partial charge in [0.25, 0.3) is 11.8 Å². The molecule has 2 aromatic heterocycles. The van der Waals surface area contributed by atoms with Crippen LogP contribution in [0.3, 0.4) is 0 Å². The van der Waals surface area contributed by atoms with E-state index in [2.05, 4.69) is 16.0 Å². The van der Waals surface area contributed by atoms with Crippen LogP contribution < -0.4 is 4.74 Å². The monoisotopic (exact) mass is 478 g/mol. The van der Waals surface area contributed by atoms with Crippen molar-refractivity contribution in [1.29, 1.82) is 0 Å². The van der Waals surface area contributed by atoms with Gasteiger partial charge < -0.3 is 19.6 Å². The van der Waals surface area contributed by atoms with Gasteiger partial charge in [-0.1, -0.05) is 13.0 Å². The van der Waals surface area contributed by atoms with E-state index < -0.39 is 6.10 Å². The highest BCUT2D eigenvalue weighted by Gasteiger charge is 2.35. The zero-order valence-electron chi connectivity index (χ0n) is 20.7. The van der Waals surface area contributed by atoms with Gasteiger partial charge in [-0.2, -0.15) is 0 Å². The third-order valence-corrected chi connectivity index (χ3v) is 6.89. The van der Waals surface area contributed by atoms with Gasteiger partial charge >= 0.3 is 0 Å². The summed E-state index contributed by atoms with van der Waals surface area (Å²) in [5.74, 6) is -0.186. The number of likely N-dealkylation sites (N-methyl/N-ethyl adjacent to an activating group) is 1. The molecule has 0 unspecified atom stereocenters. The number of aromatic nitrogens is 2. The van der Waals surface area contributed by atoms with Crippen LogP contribution >= 0.6 is 0 Å². The lowest BCUT2D eigenvalue weighted by Crippen LogP contribution is -2.50. The maximum atomic E-state index is 13.6. The van der Waals surface area contributed by atoms with Crippen molar-refractivity contribution in [1.82, 2.24) is 19.8 Å². The number of fused-ring (bicyclic) bond motifs is 1. The highest BCUT2D eigenvalue weighted by Crippen LogP contribution is 2.32. The minimum Gasteiger partial charge on any atom is -0.472 e. The third-order valence-electron chi connectivity index (χ3n) is 6.89. The first kappa shape index (κ1) is 24.9. The summed E-state index contributed by atoms with van der Waals surface area (Å²) in [6.07, 6.45) is 11.1. The molecule has 0 saturated heterocycles. The minimum atomic E-state index is -0.395. The molecule has 35 heavy (non-hydrogen) atoms. The van der Waals surface area contributed by atoms with E-state index >= 15 is 0 Å². The molecule has 0 fully saturated rings. The summed E-state index contributed by atoms with van der Waals surface area (Å²) in [6, 6.07) is 4.98. The number of carbonyl (C=O) groups excluding carboxylic acids is 2. The van der Waals surface area contributed by atoms with Crippen LogP contribution in [0.4, 0.5) is 0 Å². The molecule has 8 nitrogen and oxygen atoms in total. The first-order valence-electron chi connectivity index (χ1n) is 12.3. The largest absolute Gasteiger partial charge is 0.472 e. The van der Waals surface area contributed by atoms with E-state index in [-0.39, 0.29) is 36.3 Å². The lowest BCUT2D eigenvalue weighted by atomic mass is 9.93. The summed E-state index contributed by atoms with van der Waals surface area (Å²) < 4.78 is 6.33. The van der Waals surface area contributed by atoms with Crippen LogP contribution in [-0.4, -0.2) is 75.6 Å². The van der Waals surface area contributed by atoms with Crippen molar-refractivity contribution in [2.45, 2.75) is 51.7 Å². The van der Waals surface area contributed by atoms with Crippen molar-refractivity contribution in [3.8, 4) is 5.88 Å². The summed E-state index contributed by atoms with van der Waals surface area (Å²) in [6.45, 7) is 4.40. The van der Waals surface area contributed by atoms with E-state index in [1.807, 2.05) is 19.9 Å². The zero-order valence-corrected chi connectivity index (χ0v) is 20.7. The fraction of sp³-hybridized carbons (Fsp3) is 0.481. The molecular formula is C27H34N4O4. The van der Waals surface area contributed by atoms with Crippen LogP contribution in [0, 0.1) is 5.92 Å². The molecule has 3 heterocycles. The fourth-order valence-corrected chi connectivity index (χ4v) is 4.66. The Hall–Kier alpha value is -3.26. The second-order valence-electron chi connectivity index (χ2n) is 9.60. The number of pyridine rings is 2. The van der Waals surface area contributed by atoms with Crippen molar-refractivity contribution in [2.75, 3.05) is 26.7 Å². The number of rotatable bonds is 6. The van der Waals surface area contributed by atoms with E-state index in [0.29, 0.717) is 24.2 Å². The van der Waals surface area contributed by atoms with E-state index in [1.54, 1.807) is 47.6 Å². The maximum Gasteiger partial charge on any atom is 0.259 e. The number of carbonyl (C=O) groups is 2. The lowest BCUT2D eigenvalue weighted by molar-refractivity contribution is 0.0313. The Labute approximate surface area is 206 Å². The number of hydrogen-bond donors (Lipinski definition) is 1. The molecule has 0 bridgehead atoms. The second-order valence-corrected chi connectivity index (χ2v) is 9.60. The number of amides is 2. The molecule has 0 spiro atoms. The Morgan fingerprint density at radius 3 is 2.86 bits per heavy atom. The quantitative estimate of drug-likeness (QED) is 0.684. The van der Waals surface area contributed by atoms with Crippen molar-refractivity contribution < 1.29 is 19.4 Å². The predicted molar refractivity (Wildman–Crippen MR) is 133 cm³/mol. The van der Waals surface area contributed by atoms with Crippen molar-refractivity contribution in [2.24, 2.45) is 5.92 Å². The number of nitrogens with zero attached hydrogens (tertiary/aromatic N) is 4. The first-order chi connectivity index (χ1) is 16.9. The summed E-state index contributed by atoms with van der Waals surface area (Å²) >= 11 is 0. The van der Waals surface area contributed by atoms with Gasteiger partial charge in [0.2, 0.25) is 5.88 Å². The van der Waals surface area contributed by atoms with Gasteiger partial charge in [-0.3, -0.25) is 14.6 Å². The minimum absolute atomic E-state index is 0.104. The average molecular weight is 479 g/mol. The molecule has 0 aromatic carbocycles. The molecular weight excluding hydrogens is 444 g/mol. The summed E-state index contributed by atoms with van der Waals surface area (Å²) in [4.78, 5) is 38.4. The van der Waals surface area contributed by atoms with Gasteiger partial charge in [-0.15, -0.1) is 0 Å². The fourth-order valence-electron chi connectivity index (χ4n) is 4.66. The topological polar surface area (TPSA) is 95.9 Å². The summed E-state index contributed by atoms with van der Waals surface area (Å²) in [5.41, 5.74) is 3.04. The van der Waals surface area contributed by atoms with Gasteiger partial charge in [0.1, 0.15) is 11.7 Å². The Morgan fingerprint density at radius 1 is 1.34 bits per heavy atom. The van der Waals surface area contributed by atoms with E-state index in [9.17, 15) is 14.7 Å². The number of hydrogen-bond acceptors (Lipinski definition) is 6. The van der Waals surface area contributed by atoms with Crippen molar-refractivity contribution in [3.05, 3.63) is 59.6 Å². The van der Waals surface area contributed by atoms with E-state index in [4.69, 9.17) is 4.74 Å². The van der Waals surface area contributed by atoms with Crippen LogP contribution in [0.25, 0.3) is 5.57 Å². The molecule has 2 aliphatic rings. The highest BCUT2D eigenvalue weighted by atomic mass is 16.5. The maximum absolute atomic E-state index is 13.6. The molecule has 4 rings (SSSR count). The molecule has 1 aliphatic heterocycles. The SMILES string of the molecule is C[C@H](CO)N1C[C@H](C)[C@H](CN(C)C(=O)c2cccnc2)Oc2ncc(C3=CCCCC3)cc2C1=O. The standard InChI is InChI=1S/C27H34N4O4/c1-18-15-31(19(2)17-32)27(34)23-12-22(20-8-5-4-6-9-20)14-29-25(23)35-24(18)16-30(3)26(33)21-10-7-11-28-13-21/h7-8,10-14,18-19,24,32H,4-6,9,15-17H2,1-3H3/t18-,19+,24-/m0/s1. The van der Waals surface area contributed by atoms with Crippen LogP contribution in [0.1, 0.15) is 65.8 Å².